The third-order valence-corrected chi connectivity index (χ3v) is 11.5. The van der Waals surface area contributed by atoms with Crippen LogP contribution < -0.4 is 14.5 Å². The molecule has 4 amide bonds. The number of phenols is 1. The molecule has 3 aromatic rings. The first-order valence-corrected chi connectivity index (χ1v) is 16.3. The number of fused-ring (bicyclic) bond motifs is 4. The maximum Gasteiger partial charge on any atom is 0.241 e. The number of benzene rings is 3. The molecule has 7 rings (SSSR count). The smallest absolute Gasteiger partial charge is 0.241 e. The molecule has 4 aliphatic rings. The second-order valence-corrected chi connectivity index (χ2v) is 14.1. The molecule has 2 aliphatic carbocycles. The van der Waals surface area contributed by atoms with Crippen molar-refractivity contribution in [2.24, 2.45) is 29.1 Å². The van der Waals surface area contributed by atoms with Crippen LogP contribution in [0.5, 0.6) is 11.5 Å². The predicted octanol–water partition coefficient (Wildman–Crippen LogP) is 6.40. The van der Waals surface area contributed by atoms with E-state index in [0.717, 1.165) is 11.1 Å². The highest BCUT2D eigenvalue weighted by molar-refractivity contribution is 14.1. The first-order valence-electron chi connectivity index (χ1n) is 14.8. The van der Waals surface area contributed by atoms with Gasteiger partial charge in [-0.1, -0.05) is 47.5 Å². The minimum atomic E-state index is -1.19. The zero-order valence-electron chi connectivity index (χ0n) is 24.8. The summed E-state index contributed by atoms with van der Waals surface area (Å²) in [5, 5.41) is 11.1. The van der Waals surface area contributed by atoms with Crippen LogP contribution in [0.3, 0.4) is 0 Å². The highest BCUT2D eigenvalue weighted by Gasteiger charge is 2.67. The predicted molar refractivity (Wildman–Crippen MR) is 177 cm³/mol. The molecule has 0 unspecified atom stereocenters. The van der Waals surface area contributed by atoms with Crippen molar-refractivity contribution in [1.82, 2.24) is 0 Å². The van der Waals surface area contributed by atoms with Crippen molar-refractivity contribution in [3.05, 3.63) is 92.0 Å². The summed E-state index contributed by atoms with van der Waals surface area (Å²) in [6.45, 7) is 3.69. The fourth-order valence-electron chi connectivity index (χ4n) is 8.11. The SMILES string of the molecule is COc1cc([C@H]2C3=CC[C@@H]4C(=O)N(c5ccc(C)c(Cl)c5)C(=O)[C@@H]4[C@@H]3C[C@H]3C(=O)N(c4ccccc4)C(=O)[C@@]23C)cc(I)c1O. The van der Waals surface area contributed by atoms with Crippen LogP contribution in [0.1, 0.15) is 36.8 Å². The molecule has 2 heterocycles. The number of carbonyl (C=O) groups excluding carboxylic acids is 4. The molecule has 0 bridgehead atoms. The van der Waals surface area contributed by atoms with E-state index in [4.69, 9.17) is 16.3 Å². The first kappa shape index (κ1) is 30.0. The molecule has 1 saturated carbocycles. The minimum absolute atomic E-state index is 0.0164. The number of aromatic hydroxyl groups is 1. The Morgan fingerprint density at radius 2 is 1.67 bits per heavy atom. The van der Waals surface area contributed by atoms with Gasteiger partial charge in [-0.25, -0.2) is 9.80 Å². The molecule has 0 radical (unpaired) electrons. The first-order chi connectivity index (χ1) is 21.5. The number of nitrogens with zero attached hydrogens (tertiary/aromatic N) is 2. The molecular weight excluding hydrogens is 707 g/mol. The van der Waals surface area contributed by atoms with Crippen molar-refractivity contribution in [3.63, 3.8) is 0 Å². The number of ether oxygens (including phenoxy) is 1. The Morgan fingerprint density at radius 3 is 2.36 bits per heavy atom. The lowest BCUT2D eigenvalue weighted by molar-refractivity contribution is -0.131. The summed E-state index contributed by atoms with van der Waals surface area (Å²) in [6.07, 6.45) is 2.58. The summed E-state index contributed by atoms with van der Waals surface area (Å²) < 4.78 is 6.04. The summed E-state index contributed by atoms with van der Waals surface area (Å²) >= 11 is 8.42. The van der Waals surface area contributed by atoms with Crippen LogP contribution >= 0.6 is 34.2 Å². The monoisotopic (exact) mass is 736 g/mol. The summed E-state index contributed by atoms with van der Waals surface area (Å²) in [6, 6.07) is 17.6. The van der Waals surface area contributed by atoms with Crippen LogP contribution in [0.2, 0.25) is 5.02 Å². The number of anilines is 2. The standard InChI is InChI=1S/C35H30ClIN2O6/c1-17-9-10-20(15-25(17)36)38-31(41)22-12-11-21-23(28(22)33(38)43)16-24-32(42)39(19-7-5-4-6-8-19)34(44)35(24,2)29(21)18-13-26(37)30(40)27(14-18)45-3/h4-11,13-15,22-24,28-29,40H,12,16H2,1-3H3/t22-,23+,24-,28-,29-,35+/m0/s1. The van der Waals surface area contributed by atoms with Gasteiger partial charge in [0.25, 0.3) is 0 Å². The van der Waals surface area contributed by atoms with Crippen molar-refractivity contribution in [3.8, 4) is 11.5 Å². The molecule has 6 atom stereocenters. The van der Waals surface area contributed by atoms with E-state index < -0.39 is 35.0 Å². The Hall–Kier alpha value is -3.70. The fourth-order valence-corrected chi connectivity index (χ4v) is 8.91. The number of hydrogen-bond donors (Lipinski definition) is 1. The molecule has 3 aromatic carbocycles. The van der Waals surface area contributed by atoms with Crippen LogP contribution in [0.15, 0.2) is 72.3 Å². The number of imide groups is 2. The van der Waals surface area contributed by atoms with Crippen LogP contribution in [-0.4, -0.2) is 35.8 Å². The highest BCUT2D eigenvalue weighted by Crippen LogP contribution is 2.64. The van der Waals surface area contributed by atoms with Crippen molar-refractivity contribution >= 4 is 69.2 Å². The maximum atomic E-state index is 14.5. The zero-order valence-corrected chi connectivity index (χ0v) is 27.7. The number of methoxy groups -OCH3 is 1. The molecule has 1 N–H and O–H groups in total. The molecule has 10 heteroatoms. The van der Waals surface area contributed by atoms with Gasteiger partial charge in [0.15, 0.2) is 11.5 Å². The summed E-state index contributed by atoms with van der Waals surface area (Å²) in [5.41, 5.74) is 2.12. The van der Waals surface area contributed by atoms with Gasteiger partial charge in [-0.15, -0.1) is 0 Å². The summed E-state index contributed by atoms with van der Waals surface area (Å²) in [4.78, 5) is 59.4. The Labute approximate surface area is 279 Å². The molecule has 8 nitrogen and oxygen atoms in total. The van der Waals surface area contributed by atoms with Crippen LogP contribution in [0.4, 0.5) is 11.4 Å². The third-order valence-electron chi connectivity index (χ3n) is 10.3. The van der Waals surface area contributed by atoms with Gasteiger partial charge in [-0.3, -0.25) is 19.2 Å². The van der Waals surface area contributed by atoms with E-state index in [1.165, 1.54) is 16.9 Å². The molecule has 45 heavy (non-hydrogen) atoms. The van der Waals surface area contributed by atoms with E-state index in [9.17, 15) is 24.3 Å². The van der Waals surface area contributed by atoms with Gasteiger partial charge in [0.2, 0.25) is 23.6 Å². The number of para-hydroxylation sites is 1. The molecule has 3 fully saturated rings. The van der Waals surface area contributed by atoms with Gasteiger partial charge in [0.05, 0.1) is 45.2 Å². The van der Waals surface area contributed by atoms with Crippen LogP contribution in [0.25, 0.3) is 0 Å². The number of allylic oxidation sites excluding steroid dienone is 2. The van der Waals surface area contributed by atoms with E-state index in [-0.39, 0.29) is 41.5 Å². The summed E-state index contributed by atoms with van der Waals surface area (Å²) in [5.74, 6) is -4.12. The Bertz CT molecular complexity index is 1840. The van der Waals surface area contributed by atoms with Crippen LogP contribution in [0, 0.1) is 39.6 Å². The average Bonchev–Trinajstić information content (AvgIpc) is 3.39. The van der Waals surface area contributed by atoms with E-state index >= 15 is 0 Å². The second-order valence-electron chi connectivity index (χ2n) is 12.5. The van der Waals surface area contributed by atoms with Gasteiger partial charge in [0.1, 0.15) is 0 Å². The van der Waals surface area contributed by atoms with E-state index in [1.54, 1.807) is 48.5 Å². The van der Waals surface area contributed by atoms with Crippen molar-refractivity contribution < 1.29 is 29.0 Å². The molecule has 0 spiro atoms. The van der Waals surface area contributed by atoms with E-state index in [0.29, 0.717) is 32.0 Å². The Balaban J connectivity index is 1.39. The van der Waals surface area contributed by atoms with Gasteiger partial charge < -0.3 is 9.84 Å². The third kappa shape index (κ3) is 4.22. The number of carbonyl (C=O) groups is 4. The topological polar surface area (TPSA) is 104 Å². The van der Waals surface area contributed by atoms with Crippen molar-refractivity contribution in [2.45, 2.75) is 32.6 Å². The molecular formula is C35H30ClIN2O6. The number of phenolic OH excluding ortho intramolecular Hbond substituents is 1. The number of halogens is 2. The van der Waals surface area contributed by atoms with Gasteiger partial charge in [-0.2, -0.15) is 0 Å². The zero-order chi connectivity index (χ0) is 31.9. The van der Waals surface area contributed by atoms with Crippen molar-refractivity contribution in [1.29, 1.82) is 0 Å². The lowest BCUT2D eigenvalue weighted by atomic mass is 9.51. The molecule has 2 saturated heterocycles. The fraction of sp³-hybridized carbons (Fsp3) is 0.314. The average molecular weight is 737 g/mol. The number of aryl methyl sites for hydroxylation is 1. The minimum Gasteiger partial charge on any atom is -0.504 e. The quantitative estimate of drug-likeness (QED) is 0.189. The van der Waals surface area contributed by atoms with Crippen molar-refractivity contribution in [2.75, 3.05) is 16.9 Å². The van der Waals surface area contributed by atoms with Gasteiger partial charge in [0, 0.05) is 10.9 Å². The molecule has 0 aromatic heterocycles. The molecule has 230 valence electrons. The Morgan fingerprint density at radius 1 is 0.933 bits per heavy atom. The largest absolute Gasteiger partial charge is 0.504 e. The lowest BCUT2D eigenvalue weighted by Gasteiger charge is -2.49. The Kier molecular flexibility index (Phi) is 7.12. The second kappa shape index (κ2) is 10.7. The van der Waals surface area contributed by atoms with Gasteiger partial charge >= 0.3 is 0 Å². The molecule has 2 aliphatic heterocycles. The maximum absolute atomic E-state index is 14.5. The number of rotatable bonds is 4. The highest BCUT2D eigenvalue weighted by atomic mass is 127. The normalized spacial score (nSPS) is 29.0. The number of amides is 4. The van der Waals surface area contributed by atoms with Crippen LogP contribution in [-0.2, 0) is 19.2 Å². The van der Waals surface area contributed by atoms with E-state index in [1.807, 2.05) is 54.6 Å². The number of hydrogen-bond acceptors (Lipinski definition) is 6. The van der Waals surface area contributed by atoms with E-state index in [2.05, 4.69) is 0 Å². The van der Waals surface area contributed by atoms with Gasteiger partial charge in [-0.05, 0) is 103 Å². The lowest BCUT2D eigenvalue weighted by Crippen LogP contribution is -2.48. The summed E-state index contributed by atoms with van der Waals surface area (Å²) in [7, 11) is 1.46.